The third-order valence-corrected chi connectivity index (χ3v) is 7.54. The molecule has 6 nitrogen and oxygen atoms in total. The molecule has 1 aliphatic rings. The minimum Gasteiger partial charge on any atom is -0.258 e. The Hall–Kier alpha value is -1.61. The Morgan fingerprint density at radius 2 is 1.76 bits per heavy atom. The van der Waals surface area contributed by atoms with Gasteiger partial charge in [0, 0.05) is 35.0 Å². The van der Waals surface area contributed by atoms with Crippen LogP contribution in [0, 0.1) is 10.1 Å². The second-order valence-corrected chi connectivity index (χ2v) is 8.93. The van der Waals surface area contributed by atoms with Crippen LogP contribution in [0.3, 0.4) is 0 Å². The van der Waals surface area contributed by atoms with Gasteiger partial charge < -0.3 is 0 Å². The molecular weight excluding hydrogens is 384 g/mol. The van der Waals surface area contributed by atoms with E-state index in [0.717, 1.165) is 18.9 Å². The van der Waals surface area contributed by atoms with E-state index in [1.54, 1.807) is 24.3 Å². The van der Waals surface area contributed by atoms with Crippen molar-refractivity contribution in [3.63, 3.8) is 0 Å². The molecule has 1 saturated heterocycles. The van der Waals surface area contributed by atoms with E-state index in [1.807, 2.05) is 0 Å². The minimum atomic E-state index is -3.79. The van der Waals surface area contributed by atoms with Crippen molar-refractivity contribution < 1.29 is 13.3 Å². The quantitative estimate of drug-likeness (QED) is 0.557. The molecule has 3 rings (SSSR count). The largest absolute Gasteiger partial charge is 0.270 e. The van der Waals surface area contributed by atoms with Crippen LogP contribution < -0.4 is 0 Å². The van der Waals surface area contributed by atoms with Crippen LogP contribution in [0.25, 0.3) is 0 Å². The van der Waals surface area contributed by atoms with Gasteiger partial charge in [-0.2, -0.15) is 4.31 Å². The van der Waals surface area contributed by atoms with E-state index in [9.17, 15) is 18.5 Å². The predicted octanol–water partition coefficient (Wildman–Crippen LogP) is 4.18. The summed E-state index contributed by atoms with van der Waals surface area (Å²) in [5.74, 6) is 0. The Labute approximate surface area is 155 Å². The van der Waals surface area contributed by atoms with Crippen LogP contribution in [0.1, 0.15) is 12.8 Å². The maximum atomic E-state index is 13.0. The van der Waals surface area contributed by atoms with Crippen LogP contribution >= 0.6 is 23.4 Å². The van der Waals surface area contributed by atoms with E-state index in [-0.39, 0.29) is 10.6 Å². The van der Waals surface area contributed by atoms with Gasteiger partial charge in [-0.1, -0.05) is 35.5 Å². The van der Waals surface area contributed by atoms with Crippen LogP contribution in [0.15, 0.2) is 57.2 Å². The zero-order valence-corrected chi connectivity index (χ0v) is 15.5. The lowest BCUT2D eigenvalue weighted by atomic mass is 10.3. The van der Waals surface area contributed by atoms with Crippen molar-refractivity contribution in [3.05, 3.63) is 57.6 Å². The van der Waals surface area contributed by atoms with E-state index in [2.05, 4.69) is 0 Å². The summed E-state index contributed by atoms with van der Waals surface area (Å²) in [6.07, 6.45) is 1.59. The summed E-state index contributed by atoms with van der Waals surface area (Å²) in [6.45, 7) is 0.864. The molecule has 25 heavy (non-hydrogen) atoms. The summed E-state index contributed by atoms with van der Waals surface area (Å²) < 4.78 is 27.3. The predicted molar refractivity (Wildman–Crippen MR) is 96.7 cm³/mol. The third-order valence-electron chi connectivity index (χ3n) is 3.88. The first kappa shape index (κ1) is 18.2. The van der Waals surface area contributed by atoms with Crippen LogP contribution in [-0.4, -0.2) is 30.7 Å². The van der Waals surface area contributed by atoms with Crippen LogP contribution in [0.2, 0.25) is 5.02 Å². The Morgan fingerprint density at radius 3 is 2.40 bits per heavy atom. The highest BCUT2D eigenvalue weighted by Gasteiger charge is 2.31. The molecule has 1 fully saturated rings. The second-order valence-electron chi connectivity index (χ2n) is 5.53. The number of benzene rings is 2. The van der Waals surface area contributed by atoms with E-state index < -0.39 is 14.9 Å². The molecule has 0 bridgehead atoms. The lowest BCUT2D eigenvalue weighted by molar-refractivity contribution is -0.385. The van der Waals surface area contributed by atoms with Crippen molar-refractivity contribution in [2.24, 2.45) is 0 Å². The molecule has 9 heteroatoms. The Balaban J connectivity index is 2.09. The number of nitro groups is 1. The van der Waals surface area contributed by atoms with Crippen LogP contribution in [0.4, 0.5) is 5.69 Å². The Bertz CT molecular complexity index is 912. The molecule has 1 heterocycles. The second kappa shape index (κ2) is 7.33. The molecule has 0 amide bonds. The number of hydrogen-bond acceptors (Lipinski definition) is 5. The zero-order chi connectivity index (χ0) is 18.0. The fraction of sp³-hybridized carbons (Fsp3) is 0.250. The Morgan fingerprint density at radius 1 is 1.08 bits per heavy atom. The van der Waals surface area contributed by atoms with Gasteiger partial charge in [0.05, 0.1) is 9.95 Å². The highest BCUT2D eigenvalue weighted by molar-refractivity contribution is 8.00. The van der Waals surface area contributed by atoms with Gasteiger partial charge in [0.25, 0.3) is 5.69 Å². The summed E-state index contributed by atoms with van der Waals surface area (Å²) in [7, 11) is -3.79. The van der Waals surface area contributed by atoms with Crippen molar-refractivity contribution in [2.45, 2.75) is 27.5 Å². The van der Waals surface area contributed by atoms with Gasteiger partial charge in [-0.25, -0.2) is 8.42 Å². The van der Waals surface area contributed by atoms with Gasteiger partial charge in [0.15, 0.2) is 0 Å². The van der Waals surface area contributed by atoms with Crippen molar-refractivity contribution in [1.29, 1.82) is 0 Å². The topological polar surface area (TPSA) is 80.5 Å². The first-order chi connectivity index (χ1) is 11.9. The number of nitro benzene ring substituents is 1. The number of rotatable bonds is 5. The molecule has 0 atom stereocenters. The number of non-ortho nitro benzene ring substituents is 1. The maximum absolute atomic E-state index is 13.0. The Kier molecular flexibility index (Phi) is 5.33. The number of hydrogen-bond donors (Lipinski definition) is 0. The van der Waals surface area contributed by atoms with Crippen molar-refractivity contribution in [2.75, 3.05) is 13.1 Å². The number of sulfonamides is 1. The fourth-order valence-electron chi connectivity index (χ4n) is 2.61. The van der Waals surface area contributed by atoms with Gasteiger partial charge in [-0.05, 0) is 31.0 Å². The lowest BCUT2D eigenvalue weighted by Crippen LogP contribution is -2.28. The molecule has 0 saturated carbocycles. The highest BCUT2D eigenvalue weighted by Crippen LogP contribution is 2.39. The third kappa shape index (κ3) is 3.82. The van der Waals surface area contributed by atoms with Crippen molar-refractivity contribution in [3.8, 4) is 0 Å². The average molecular weight is 399 g/mol. The summed E-state index contributed by atoms with van der Waals surface area (Å²) in [4.78, 5) is 11.6. The molecule has 0 radical (unpaired) electrons. The van der Waals surface area contributed by atoms with Gasteiger partial charge in [-0.3, -0.25) is 10.1 Å². The molecule has 2 aromatic carbocycles. The molecule has 132 valence electrons. The van der Waals surface area contributed by atoms with Crippen LogP contribution in [0.5, 0.6) is 0 Å². The van der Waals surface area contributed by atoms with Crippen LogP contribution in [-0.2, 0) is 10.0 Å². The fourth-order valence-corrected chi connectivity index (χ4v) is 5.76. The molecule has 0 unspecified atom stereocenters. The van der Waals surface area contributed by atoms with Gasteiger partial charge in [0.2, 0.25) is 10.0 Å². The molecule has 0 spiro atoms. The minimum absolute atomic E-state index is 0.0477. The van der Waals surface area contributed by atoms with Crippen molar-refractivity contribution in [1.82, 2.24) is 4.31 Å². The molecule has 1 aliphatic heterocycles. The first-order valence-electron chi connectivity index (χ1n) is 7.60. The summed E-state index contributed by atoms with van der Waals surface area (Å²) in [6, 6.07) is 11.0. The average Bonchev–Trinajstić information content (AvgIpc) is 3.12. The summed E-state index contributed by atoms with van der Waals surface area (Å²) in [5.41, 5.74) is -0.249. The molecular formula is C16H15ClN2O4S2. The first-order valence-corrected chi connectivity index (χ1v) is 10.2. The standard InChI is InChI=1S/C16H15ClN2O4S2/c17-13-5-1-2-6-14(13)24-15-8-7-12(19(20)21)11-16(15)25(22,23)18-9-3-4-10-18/h1-2,5-8,11H,3-4,9-10H2. The maximum Gasteiger partial charge on any atom is 0.270 e. The molecule has 2 aromatic rings. The normalized spacial score (nSPS) is 15.4. The molecule has 0 aliphatic carbocycles. The smallest absolute Gasteiger partial charge is 0.258 e. The SMILES string of the molecule is O=[N+]([O-])c1ccc(Sc2ccccc2Cl)c(S(=O)(=O)N2CCCC2)c1. The van der Waals surface area contributed by atoms with Gasteiger partial charge in [-0.15, -0.1) is 0 Å². The summed E-state index contributed by atoms with van der Waals surface area (Å²) >= 11 is 7.35. The van der Waals surface area contributed by atoms with E-state index in [0.29, 0.717) is 27.9 Å². The summed E-state index contributed by atoms with van der Waals surface area (Å²) in [5, 5.41) is 11.6. The van der Waals surface area contributed by atoms with E-state index in [4.69, 9.17) is 11.6 Å². The highest BCUT2D eigenvalue weighted by atomic mass is 35.5. The zero-order valence-electron chi connectivity index (χ0n) is 13.1. The van der Waals surface area contributed by atoms with Crippen molar-refractivity contribution >= 4 is 39.1 Å². The van der Waals surface area contributed by atoms with E-state index in [1.165, 1.54) is 28.2 Å². The van der Waals surface area contributed by atoms with Gasteiger partial charge in [0.1, 0.15) is 4.90 Å². The molecule has 0 N–H and O–H groups in total. The van der Waals surface area contributed by atoms with E-state index >= 15 is 0 Å². The monoisotopic (exact) mass is 398 g/mol. The number of nitrogens with zero attached hydrogens (tertiary/aromatic N) is 2. The lowest BCUT2D eigenvalue weighted by Gasteiger charge is -2.18. The molecule has 0 aromatic heterocycles. The van der Waals surface area contributed by atoms with Gasteiger partial charge >= 0.3 is 0 Å². The number of halogens is 1.